The maximum atomic E-state index is 13.0. The van der Waals surface area contributed by atoms with Crippen molar-refractivity contribution in [2.75, 3.05) is 20.2 Å². The number of hydrogen-bond donors (Lipinski definition) is 1. The summed E-state index contributed by atoms with van der Waals surface area (Å²) in [4.78, 5) is 30.6. The maximum Gasteiger partial charge on any atom is 0.253 e. The van der Waals surface area contributed by atoms with Gasteiger partial charge in [0.1, 0.15) is 5.75 Å². The third-order valence-corrected chi connectivity index (χ3v) is 5.34. The molecule has 2 aromatic carbocycles. The molecule has 1 amide bonds. The van der Waals surface area contributed by atoms with Gasteiger partial charge in [0.25, 0.3) is 5.91 Å². The molecule has 0 atom stereocenters. The van der Waals surface area contributed by atoms with Crippen LogP contribution in [0.3, 0.4) is 0 Å². The van der Waals surface area contributed by atoms with Crippen molar-refractivity contribution in [1.82, 2.24) is 9.88 Å². The van der Waals surface area contributed by atoms with Crippen LogP contribution in [-0.2, 0) is 0 Å². The van der Waals surface area contributed by atoms with Gasteiger partial charge in [0.15, 0.2) is 5.78 Å². The van der Waals surface area contributed by atoms with Crippen molar-refractivity contribution in [3.63, 3.8) is 0 Å². The molecule has 1 N–H and O–H groups in total. The fraction of sp³-hybridized carbons (Fsp3) is 0.273. The third kappa shape index (κ3) is 3.33. The summed E-state index contributed by atoms with van der Waals surface area (Å²) >= 11 is 0. The second kappa shape index (κ2) is 7.27. The number of nitrogens with zero attached hydrogens (tertiary/aromatic N) is 1. The van der Waals surface area contributed by atoms with Gasteiger partial charge in [0.05, 0.1) is 7.11 Å². The topological polar surface area (TPSA) is 62.4 Å². The first kappa shape index (κ1) is 17.3. The molecule has 138 valence electrons. The summed E-state index contributed by atoms with van der Waals surface area (Å²) in [6, 6.07) is 15.0. The number of rotatable bonds is 4. The van der Waals surface area contributed by atoms with Crippen molar-refractivity contribution in [3.05, 3.63) is 65.9 Å². The van der Waals surface area contributed by atoms with E-state index in [1.165, 1.54) is 0 Å². The van der Waals surface area contributed by atoms with Crippen molar-refractivity contribution >= 4 is 22.6 Å². The first-order valence-electron chi connectivity index (χ1n) is 9.21. The average Bonchev–Trinajstić information content (AvgIpc) is 3.17. The third-order valence-electron chi connectivity index (χ3n) is 5.34. The van der Waals surface area contributed by atoms with Crippen LogP contribution in [0.5, 0.6) is 5.75 Å². The molecule has 0 saturated carbocycles. The van der Waals surface area contributed by atoms with Gasteiger partial charge in [-0.1, -0.05) is 18.2 Å². The van der Waals surface area contributed by atoms with Gasteiger partial charge in [-0.25, -0.2) is 0 Å². The first-order valence-corrected chi connectivity index (χ1v) is 9.21. The summed E-state index contributed by atoms with van der Waals surface area (Å²) in [5.74, 6) is 0.873. The van der Waals surface area contributed by atoms with Gasteiger partial charge in [-0.15, -0.1) is 0 Å². The number of benzene rings is 2. The number of nitrogens with one attached hydrogen (secondary N) is 1. The van der Waals surface area contributed by atoms with Crippen molar-refractivity contribution < 1.29 is 14.3 Å². The molecule has 1 fully saturated rings. The maximum absolute atomic E-state index is 13.0. The van der Waals surface area contributed by atoms with E-state index in [1.807, 2.05) is 35.4 Å². The lowest BCUT2D eigenvalue weighted by atomic mass is 9.88. The smallest absolute Gasteiger partial charge is 0.253 e. The lowest BCUT2D eigenvalue weighted by Crippen LogP contribution is -2.40. The highest BCUT2D eigenvalue weighted by atomic mass is 16.5. The SMILES string of the molecule is COc1ccc(C(=O)N2CCC(C(=O)c3c[nH]c4ccccc34)CC2)cc1. The van der Waals surface area contributed by atoms with E-state index >= 15 is 0 Å². The van der Waals surface area contributed by atoms with Crippen LogP contribution in [0.15, 0.2) is 54.7 Å². The number of H-pyrrole nitrogens is 1. The Hall–Kier alpha value is -3.08. The second-order valence-electron chi connectivity index (χ2n) is 6.91. The van der Waals surface area contributed by atoms with Gasteiger partial charge in [0.2, 0.25) is 0 Å². The zero-order valence-electron chi connectivity index (χ0n) is 15.3. The Kier molecular flexibility index (Phi) is 4.67. The van der Waals surface area contributed by atoms with E-state index in [9.17, 15) is 9.59 Å². The molecule has 1 aliphatic rings. The number of piperidine rings is 1. The van der Waals surface area contributed by atoms with E-state index in [-0.39, 0.29) is 17.6 Å². The summed E-state index contributed by atoms with van der Waals surface area (Å²) in [5, 5.41) is 0.972. The molecule has 5 heteroatoms. The van der Waals surface area contributed by atoms with Crippen LogP contribution >= 0.6 is 0 Å². The van der Waals surface area contributed by atoms with Gasteiger partial charge in [-0.05, 0) is 43.2 Å². The molecular weight excluding hydrogens is 340 g/mol. The van der Waals surface area contributed by atoms with Crippen LogP contribution in [0.2, 0.25) is 0 Å². The van der Waals surface area contributed by atoms with Crippen molar-refractivity contribution in [3.8, 4) is 5.75 Å². The summed E-state index contributed by atoms with van der Waals surface area (Å²) in [5.41, 5.74) is 2.38. The van der Waals surface area contributed by atoms with E-state index in [1.54, 1.807) is 31.4 Å². The van der Waals surface area contributed by atoms with Crippen LogP contribution in [0.25, 0.3) is 10.9 Å². The van der Waals surface area contributed by atoms with Crippen LogP contribution in [0.1, 0.15) is 33.6 Å². The van der Waals surface area contributed by atoms with Gasteiger partial charge in [-0.2, -0.15) is 0 Å². The Balaban J connectivity index is 1.42. The van der Waals surface area contributed by atoms with Crippen LogP contribution < -0.4 is 4.74 Å². The monoisotopic (exact) mass is 362 g/mol. The van der Waals surface area contributed by atoms with Crippen LogP contribution in [-0.4, -0.2) is 41.8 Å². The van der Waals surface area contributed by atoms with Crippen molar-refractivity contribution in [1.29, 1.82) is 0 Å². The molecule has 1 aliphatic heterocycles. The number of Topliss-reactive ketones (excluding diaryl/α,β-unsaturated/α-hetero) is 1. The van der Waals surface area contributed by atoms with Gasteiger partial charge in [0, 0.05) is 47.2 Å². The molecule has 0 bridgehead atoms. The predicted octanol–water partition coefficient (Wildman–Crippen LogP) is 3.91. The average molecular weight is 362 g/mol. The summed E-state index contributed by atoms with van der Waals surface area (Å²) < 4.78 is 5.14. The number of ketones is 1. The molecule has 4 rings (SSSR count). The Labute approximate surface area is 157 Å². The highest BCUT2D eigenvalue weighted by Crippen LogP contribution is 2.27. The number of carbonyl (C=O) groups excluding carboxylic acids is 2. The Morgan fingerprint density at radius 3 is 2.44 bits per heavy atom. The van der Waals surface area contributed by atoms with Gasteiger partial charge >= 0.3 is 0 Å². The number of methoxy groups -OCH3 is 1. The largest absolute Gasteiger partial charge is 0.497 e. The molecule has 1 aromatic heterocycles. The lowest BCUT2D eigenvalue weighted by molar-refractivity contribution is 0.0650. The normalized spacial score (nSPS) is 15.1. The zero-order valence-corrected chi connectivity index (χ0v) is 15.3. The number of carbonyl (C=O) groups is 2. The Morgan fingerprint density at radius 2 is 1.74 bits per heavy atom. The van der Waals surface area contributed by atoms with Crippen LogP contribution in [0, 0.1) is 5.92 Å². The molecule has 0 aliphatic carbocycles. The van der Waals surface area contributed by atoms with E-state index in [0.717, 1.165) is 22.2 Å². The number of ether oxygens (including phenoxy) is 1. The highest BCUT2D eigenvalue weighted by molar-refractivity contribution is 6.09. The Morgan fingerprint density at radius 1 is 1.04 bits per heavy atom. The number of aromatic nitrogens is 1. The molecule has 5 nitrogen and oxygen atoms in total. The van der Waals surface area contributed by atoms with E-state index in [4.69, 9.17) is 4.74 Å². The van der Waals surface area contributed by atoms with E-state index in [0.29, 0.717) is 31.5 Å². The number of fused-ring (bicyclic) bond motifs is 1. The minimum atomic E-state index is -0.0378. The minimum absolute atomic E-state index is 0.00986. The number of hydrogen-bond acceptors (Lipinski definition) is 3. The fourth-order valence-electron chi connectivity index (χ4n) is 3.76. The fourth-order valence-corrected chi connectivity index (χ4v) is 3.76. The number of para-hydroxylation sites is 1. The standard InChI is InChI=1S/C22H22N2O3/c1-27-17-8-6-16(7-9-17)22(26)24-12-10-15(11-13-24)21(25)19-14-23-20-5-3-2-4-18(19)20/h2-9,14-15,23H,10-13H2,1H3. The number of likely N-dealkylation sites (tertiary alicyclic amines) is 1. The van der Waals surface area contributed by atoms with Crippen molar-refractivity contribution in [2.45, 2.75) is 12.8 Å². The summed E-state index contributed by atoms with van der Waals surface area (Å²) in [6.45, 7) is 1.20. The number of amides is 1. The molecule has 0 unspecified atom stereocenters. The minimum Gasteiger partial charge on any atom is -0.497 e. The zero-order chi connectivity index (χ0) is 18.8. The lowest BCUT2D eigenvalue weighted by Gasteiger charge is -2.31. The van der Waals surface area contributed by atoms with E-state index < -0.39 is 0 Å². The van der Waals surface area contributed by atoms with E-state index in [2.05, 4.69) is 4.98 Å². The summed E-state index contributed by atoms with van der Waals surface area (Å²) in [7, 11) is 1.60. The molecule has 0 radical (unpaired) electrons. The quantitative estimate of drug-likeness (QED) is 0.716. The second-order valence-corrected chi connectivity index (χ2v) is 6.91. The summed E-state index contributed by atoms with van der Waals surface area (Å²) in [6.07, 6.45) is 3.20. The first-order chi connectivity index (χ1) is 13.2. The molecule has 27 heavy (non-hydrogen) atoms. The highest BCUT2D eigenvalue weighted by Gasteiger charge is 2.29. The molecular formula is C22H22N2O3. The number of aromatic amines is 1. The molecule has 0 spiro atoms. The predicted molar refractivity (Wildman–Crippen MR) is 104 cm³/mol. The van der Waals surface area contributed by atoms with Gasteiger partial charge < -0.3 is 14.6 Å². The van der Waals surface area contributed by atoms with Crippen LogP contribution in [0.4, 0.5) is 0 Å². The molecule has 2 heterocycles. The van der Waals surface area contributed by atoms with Crippen molar-refractivity contribution in [2.24, 2.45) is 5.92 Å². The molecule has 3 aromatic rings. The Bertz CT molecular complexity index is 967. The van der Waals surface area contributed by atoms with Gasteiger partial charge in [-0.3, -0.25) is 9.59 Å². The molecule has 1 saturated heterocycles.